The van der Waals surface area contributed by atoms with Crippen molar-refractivity contribution >= 4 is 11.8 Å². The molecule has 1 unspecified atom stereocenters. The molecule has 0 radical (unpaired) electrons. The third-order valence-corrected chi connectivity index (χ3v) is 2.85. The lowest BCUT2D eigenvalue weighted by molar-refractivity contribution is -0.0327. The maximum absolute atomic E-state index is 11.8. The minimum absolute atomic E-state index is 0.00825. The van der Waals surface area contributed by atoms with Crippen LogP contribution in [0.15, 0.2) is 30.3 Å². The molecule has 0 saturated carbocycles. The monoisotopic (exact) mass is 249 g/mol. The first-order valence-corrected chi connectivity index (χ1v) is 5.96. The van der Waals surface area contributed by atoms with Crippen molar-refractivity contribution in [1.82, 2.24) is 5.32 Å². The summed E-state index contributed by atoms with van der Waals surface area (Å²) in [4.78, 5) is 0. The summed E-state index contributed by atoms with van der Waals surface area (Å²) < 4.78 is 35.5. The van der Waals surface area contributed by atoms with Crippen LogP contribution in [0.1, 0.15) is 18.5 Å². The Morgan fingerprint density at radius 2 is 1.88 bits per heavy atom. The second-order valence-electron chi connectivity index (χ2n) is 3.38. The molecule has 0 bridgehead atoms. The molecule has 1 aromatic carbocycles. The van der Waals surface area contributed by atoms with Gasteiger partial charge in [0.25, 0.3) is 0 Å². The Labute approximate surface area is 97.4 Å². The molecule has 1 rings (SSSR count). The third-order valence-electron chi connectivity index (χ3n) is 2.12. The summed E-state index contributed by atoms with van der Waals surface area (Å²) in [5.41, 5.74) is -3.04. The first kappa shape index (κ1) is 13.4. The molecule has 0 amide bonds. The highest BCUT2D eigenvalue weighted by Crippen LogP contribution is 2.29. The number of nitrogens with one attached hydrogen (secondary N) is 1. The van der Waals surface area contributed by atoms with Gasteiger partial charge in [-0.05, 0) is 24.2 Å². The van der Waals surface area contributed by atoms with Gasteiger partial charge in [-0.2, -0.15) is 13.2 Å². The van der Waals surface area contributed by atoms with Crippen LogP contribution >= 0.6 is 11.8 Å². The van der Waals surface area contributed by atoms with Gasteiger partial charge in [0.05, 0.1) is 0 Å². The van der Waals surface area contributed by atoms with Crippen molar-refractivity contribution in [2.45, 2.75) is 18.5 Å². The van der Waals surface area contributed by atoms with Crippen molar-refractivity contribution < 1.29 is 13.2 Å². The number of thioether (sulfide) groups is 1. The zero-order valence-corrected chi connectivity index (χ0v) is 9.74. The van der Waals surface area contributed by atoms with E-state index >= 15 is 0 Å². The molecular weight excluding hydrogens is 235 g/mol. The summed E-state index contributed by atoms with van der Waals surface area (Å²) >= 11 is 0.00825. The Morgan fingerprint density at radius 1 is 1.25 bits per heavy atom. The topological polar surface area (TPSA) is 12.0 Å². The summed E-state index contributed by atoms with van der Waals surface area (Å²) in [6.07, 6.45) is 0. The fourth-order valence-electron chi connectivity index (χ4n) is 1.30. The van der Waals surface area contributed by atoms with Crippen LogP contribution in [0.4, 0.5) is 13.2 Å². The van der Waals surface area contributed by atoms with Crippen LogP contribution in [0.3, 0.4) is 0 Å². The lowest BCUT2D eigenvalue weighted by Crippen LogP contribution is -2.22. The molecular formula is C11H14F3NS. The van der Waals surface area contributed by atoms with E-state index in [0.29, 0.717) is 6.54 Å². The molecule has 1 N–H and O–H groups in total. The maximum atomic E-state index is 11.8. The molecule has 0 heterocycles. The summed E-state index contributed by atoms with van der Waals surface area (Å²) in [6.45, 7) is 2.29. The lowest BCUT2D eigenvalue weighted by Gasteiger charge is -2.14. The van der Waals surface area contributed by atoms with Gasteiger partial charge in [-0.25, -0.2) is 0 Å². The first-order valence-electron chi connectivity index (χ1n) is 4.98. The average molecular weight is 249 g/mol. The Balaban J connectivity index is 2.24. The van der Waals surface area contributed by atoms with Crippen molar-refractivity contribution in [2.75, 3.05) is 12.3 Å². The van der Waals surface area contributed by atoms with E-state index in [4.69, 9.17) is 0 Å². The number of halogens is 3. The number of rotatable bonds is 5. The highest BCUT2D eigenvalue weighted by atomic mass is 32.2. The molecule has 0 fully saturated rings. The quantitative estimate of drug-likeness (QED) is 0.800. The Kier molecular flexibility index (Phi) is 5.15. The summed E-state index contributed by atoms with van der Waals surface area (Å²) in [5, 5.41) is 3.05. The van der Waals surface area contributed by atoms with Gasteiger partial charge in [0.15, 0.2) is 0 Å². The van der Waals surface area contributed by atoms with Crippen molar-refractivity contribution in [2.24, 2.45) is 0 Å². The van der Waals surface area contributed by atoms with Crippen molar-refractivity contribution in [3.8, 4) is 0 Å². The van der Waals surface area contributed by atoms with Crippen molar-refractivity contribution in [1.29, 1.82) is 0 Å². The largest absolute Gasteiger partial charge is 0.441 e. The molecule has 1 atom stereocenters. The van der Waals surface area contributed by atoms with Crippen molar-refractivity contribution in [3.63, 3.8) is 0 Å². The van der Waals surface area contributed by atoms with E-state index in [2.05, 4.69) is 5.32 Å². The molecule has 1 nitrogen and oxygen atoms in total. The van der Waals surface area contributed by atoms with Gasteiger partial charge in [-0.15, -0.1) is 0 Å². The van der Waals surface area contributed by atoms with Gasteiger partial charge >= 0.3 is 5.51 Å². The van der Waals surface area contributed by atoms with Crippen LogP contribution in [0.25, 0.3) is 0 Å². The minimum Gasteiger partial charge on any atom is -0.309 e. The normalized spacial score (nSPS) is 13.8. The van der Waals surface area contributed by atoms with Gasteiger partial charge in [0.1, 0.15) is 0 Å². The van der Waals surface area contributed by atoms with Crippen LogP contribution in [-0.4, -0.2) is 17.8 Å². The maximum Gasteiger partial charge on any atom is 0.441 e. The SMILES string of the molecule is CC(NCCSC(F)(F)F)c1ccccc1. The van der Waals surface area contributed by atoms with Gasteiger partial charge in [-0.1, -0.05) is 30.3 Å². The molecule has 16 heavy (non-hydrogen) atoms. The van der Waals surface area contributed by atoms with E-state index in [-0.39, 0.29) is 23.6 Å². The molecule has 0 aliphatic carbocycles. The Morgan fingerprint density at radius 3 is 2.44 bits per heavy atom. The van der Waals surface area contributed by atoms with Crippen LogP contribution in [0.5, 0.6) is 0 Å². The van der Waals surface area contributed by atoms with Crippen LogP contribution in [0, 0.1) is 0 Å². The number of alkyl halides is 3. The minimum atomic E-state index is -4.13. The van der Waals surface area contributed by atoms with E-state index in [1.807, 2.05) is 37.3 Å². The van der Waals surface area contributed by atoms with E-state index in [0.717, 1.165) is 5.56 Å². The van der Waals surface area contributed by atoms with Gasteiger partial charge in [-0.3, -0.25) is 0 Å². The molecule has 5 heteroatoms. The molecule has 90 valence electrons. The number of hydrogen-bond donors (Lipinski definition) is 1. The predicted molar refractivity (Wildman–Crippen MR) is 61.4 cm³/mol. The lowest BCUT2D eigenvalue weighted by atomic mass is 10.1. The van der Waals surface area contributed by atoms with E-state index < -0.39 is 5.51 Å². The molecule has 1 aromatic rings. The summed E-state index contributed by atoms with van der Waals surface area (Å²) in [7, 11) is 0. The van der Waals surface area contributed by atoms with Crippen molar-refractivity contribution in [3.05, 3.63) is 35.9 Å². The summed E-state index contributed by atoms with van der Waals surface area (Å²) in [6, 6.07) is 9.73. The van der Waals surface area contributed by atoms with Gasteiger partial charge < -0.3 is 5.32 Å². The summed E-state index contributed by atoms with van der Waals surface area (Å²) in [5.74, 6) is 0.0423. The number of benzene rings is 1. The zero-order chi connectivity index (χ0) is 12.0. The highest BCUT2D eigenvalue weighted by Gasteiger charge is 2.27. The molecule has 0 aliphatic heterocycles. The van der Waals surface area contributed by atoms with E-state index in [1.165, 1.54) is 0 Å². The molecule has 0 aromatic heterocycles. The smallest absolute Gasteiger partial charge is 0.309 e. The second kappa shape index (κ2) is 6.15. The van der Waals surface area contributed by atoms with E-state index in [9.17, 15) is 13.2 Å². The highest BCUT2D eigenvalue weighted by molar-refractivity contribution is 8.00. The fraction of sp³-hybridized carbons (Fsp3) is 0.455. The zero-order valence-electron chi connectivity index (χ0n) is 8.92. The van der Waals surface area contributed by atoms with Gasteiger partial charge in [0.2, 0.25) is 0 Å². The molecule has 0 spiro atoms. The third kappa shape index (κ3) is 5.42. The average Bonchev–Trinajstić information content (AvgIpc) is 2.24. The van der Waals surface area contributed by atoms with Crippen LogP contribution < -0.4 is 5.32 Å². The molecule has 0 aliphatic rings. The predicted octanol–water partition coefficient (Wildman–Crippen LogP) is 3.59. The standard InChI is InChI=1S/C11H14F3NS/c1-9(10-5-3-2-4-6-10)15-7-8-16-11(12,13)14/h2-6,9,15H,7-8H2,1H3. The molecule has 0 saturated heterocycles. The second-order valence-corrected chi connectivity index (χ2v) is 4.54. The first-order chi connectivity index (χ1) is 7.49. The van der Waals surface area contributed by atoms with Crippen LogP contribution in [0.2, 0.25) is 0 Å². The Hall–Kier alpha value is -0.680. The number of hydrogen-bond acceptors (Lipinski definition) is 2. The van der Waals surface area contributed by atoms with E-state index in [1.54, 1.807) is 0 Å². The Bertz CT molecular complexity index is 300. The van der Waals surface area contributed by atoms with Gasteiger partial charge in [0, 0.05) is 18.3 Å². The van der Waals surface area contributed by atoms with Crippen LogP contribution in [-0.2, 0) is 0 Å². The fourth-order valence-corrected chi connectivity index (χ4v) is 1.75.